The van der Waals surface area contributed by atoms with Crippen LogP contribution in [0.1, 0.15) is 24.0 Å². The lowest BCUT2D eigenvalue weighted by atomic mass is 10.1. The number of nitriles is 1. The van der Waals surface area contributed by atoms with Crippen LogP contribution in [0.2, 0.25) is 0 Å². The molecule has 0 aliphatic heterocycles. The Morgan fingerprint density at radius 1 is 1.07 bits per heavy atom. The Morgan fingerprint density at radius 3 is 2.30 bits per heavy atom. The smallest absolute Gasteiger partial charge is 0.307 e. The Hall–Kier alpha value is -3.18. The number of aryl methyl sites for hydroxylation is 2. The molecule has 0 spiro atoms. The topological polar surface area (TPSA) is 105 Å². The summed E-state index contributed by atoms with van der Waals surface area (Å²) < 4.78 is 29.5. The van der Waals surface area contributed by atoms with Crippen molar-refractivity contribution in [1.29, 1.82) is 5.26 Å². The number of carbonyl (C=O) groups excluding carboxylic acids is 2. The van der Waals surface area contributed by atoms with Gasteiger partial charge in [0.2, 0.25) is 0 Å². The largest absolute Gasteiger partial charge is 0.456 e. The molecule has 0 bridgehead atoms. The molecule has 7 nitrogen and oxygen atoms in total. The molecule has 0 saturated carbocycles. The fraction of sp³-hybridized carbons (Fsp3) is 0.318. The number of hydrogen-bond acceptors (Lipinski definition) is 6. The third-order valence-corrected chi connectivity index (χ3v) is 6.03. The highest BCUT2D eigenvalue weighted by atomic mass is 32.2. The molecule has 0 aliphatic rings. The summed E-state index contributed by atoms with van der Waals surface area (Å²) >= 11 is 0. The highest BCUT2D eigenvalue weighted by Crippen LogP contribution is 2.19. The number of rotatable bonds is 9. The van der Waals surface area contributed by atoms with Crippen molar-refractivity contribution in [1.82, 2.24) is 0 Å². The minimum absolute atomic E-state index is 0.127. The molecule has 0 atom stereocenters. The lowest BCUT2D eigenvalue weighted by Crippen LogP contribution is -2.35. The van der Waals surface area contributed by atoms with Crippen LogP contribution in [0.3, 0.4) is 0 Å². The number of carbonyl (C=O) groups is 2. The molecule has 30 heavy (non-hydrogen) atoms. The summed E-state index contributed by atoms with van der Waals surface area (Å²) in [5.41, 5.74) is 2.54. The van der Waals surface area contributed by atoms with Gasteiger partial charge < -0.3 is 9.64 Å². The van der Waals surface area contributed by atoms with Gasteiger partial charge in [-0.15, -0.1) is 0 Å². The van der Waals surface area contributed by atoms with Gasteiger partial charge in [0.15, 0.2) is 16.4 Å². The summed E-state index contributed by atoms with van der Waals surface area (Å²) in [4.78, 5) is 26.1. The van der Waals surface area contributed by atoms with E-state index in [1.54, 1.807) is 18.2 Å². The molecule has 0 aromatic heterocycles. The monoisotopic (exact) mass is 428 g/mol. The van der Waals surface area contributed by atoms with Gasteiger partial charge in [0, 0.05) is 12.2 Å². The van der Waals surface area contributed by atoms with Gasteiger partial charge in [-0.2, -0.15) is 5.26 Å². The maximum atomic E-state index is 12.6. The van der Waals surface area contributed by atoms with Crippen molar-refractivity contribution in [2.75, 3.05) is 23.8 Å². The minimum atomic E-state index is -3.61. The molecular formula is C22H24N2O5S. The molecule has 0 aliphatic carbocycles. The van der Waals surface area contributed by atoms with E-state index in [9.17, 15) is 18.0 Å². The summed E-state index contributed by atoms with van der Waals surface area (Å²) in [6, 6.07) is 15.4. The number of amides is 1. The van der Waals surface area contributed by atoms with Crippen LogP contribution in [-0.4, -0.2) is 39.2 Å². The first-order valence-electron chi connectivity index (χ1n) is 9.42. The number of sulfone groups is 1. The van der Waals surface area contributed by atoms with Gasteiger partial charge in [-0.3, -0.25) is 9.59 Å². The average Bonchev–Trinajstić information content (AvgIpc) is 2.71. The van der Waals surface area contributed by atoms with Gasteiger partial charge in [0.25, 0.3) is 5.91 Å². The maximum absolute atomic E-state index is 12.6. The number of esters is 1. The van der Waals surface area contributed by atoms with E-state index >= 15 is 0 Å². The Balaban J connectivity index is 1.97. The maximum Gasteiger partial charge on any atom is 0.307 e. The molecule has 2 aromatic rings. The zero-order valence-corrected chi connectivity index (χ0v) is 17.8. The molecule has 2 rings (SSSR count). The first-order chi connectivity index (χ1) is 14.2. The number of hydrogen-bond donors (Lipinski definition) is 0. The fourth-order valence-electron chi connectivity index (χ4n) is 2.92. The van der Waals surface area contributed by atoms with E-state index in [4.69, 9.17) is 10.00 Å². The highest BCUT2D eigenvalue weighted by Gasteiger charge is 2.20. The van der Waals surface area contributed by atoms with E-state index in [1.807, 2.05) is 38.1 Å². The zero-order chi connectivity index (χ0) is 22.1. The van der Waals surface area contributed by atoms with Crippen LogP contribution in [0, 0.1) is 25.2 Å². The quantitative estimate of drug-likeness (QED) is 0.569. The molecule has 0 N–H and O–H groups in total. The second-order valence-electron chi connectivity index (χ2n) is 6.84. The second kappa shape index (κ2) is 10.6. The third kappa shape index (κ3) is 6.71. The van der Waals surface area contributed by atoms with Crippen molar-refractivity contribution in [3.8, 4) is 6.07 Å². The van der Waals surface area contributed by atoms with Crippen LogP contribution < -0.4 is 4.90 Å². The van der Waals surface area contributed by atoms with Crippen molar-refractivity contribution in [3.63, 3.8) is 0 Å². The lowest BCUT2D eigenvalue weighted by Gasteiger charge is -2.22. The van der Waals surface area contributed by atoms with Crippen molar-refractivity contribution < 1.29 is 22.7 Å². The molecule has 0 unspecified atom stereocenters. The predicted molar refractivity (Wildman–Crippen MR) is 113 cm³/mol. The molecule has 0 saturated heterocycles. The van der Waals surface area contributed by atoms with Gasteiger partial charge in [-0.1, -0.05) is 24.3 Å². The van der Waals surface area contributed by atoms with Gasteiger partial charge in [0.05, 0.1) is 29.6 Å². The van der Waals surface area contributed by atoms with Crippen LogP contribution >= 0.6 is 0 Å². The van der Waals surface area contributed by atoms with Gasteiger partial charge in [-0.05, 0) is 49.2 Å². The molecular weight excluding hydrogens is 404 g/mol. The molecule has 0 fully saturated rings. The van der Waals surface area contributed by atoms with Gasteiger partial charge in [0.1, 0.15) is 0 Å². The van der Waals surface area contributed by atoms with E-state index in [1.165, 1.54) is 17.0 Å². The second-order valence-corrected chi connectivity index (χ2v) is 8.95. The molecule has 0 heterocycles. The zero-order valence-electron chi connectivity index (χ0n) is 17.0. The average molecular weight is 429 g/mol. The van der Waals surface area contributed by atoms with Crippen LogP contribution in [0.15, 0.2) is 53.4 Å². The Kier molecular flexibility index (Phi) is 8.13. The standard InChI is InChI=1S/C22H24N2O5S/c1-17-13-18(2)15-19(14-17)24(11-6-10-23)21(25)16-29-22(26)9-12-30(27,28)20-7-4-3-5-8-20/h3-5,7-8,13-15H,6,9,11-12,16H2,1-2H3. The minimum Gasteiger partial charge on any atom is -0.456 e. The van der Waals surface area contributed by atoms with Crippen molar-refractivity contribution in [2.45, 2.75) is 31.6 Å². The normalized spacial score (nSPS) is 10.8. The first kappa shape index (κ1) is 23.1. The predicted octanol–water partition coefficient (Wildman–Crippen LogP) is 2.96. The van der Waals surface area contributed by atoms with Gasteiger partial charge in [-0.25, -0.2) is 8.42 Å². The summed E-state index contributed by atoms with van der Waals surface area (Å²) in [7, 11) is -3.61. The lowest BCUT2D eigenvalue weighted by molar-refractivity contribution is -0.147. The Morgan fingerprint density at radius 2 is 1.70 bits per heavy atom. The summed E-state index contributed by atoms with van der Waals surface area (Å²) in [5, 5.41) is 8.88. The van der Waals surface area contributed by atoms with Crippen molar-refractivity contribution in [2.24, 2.45) is 0 Å². The van der Waals surface area contributed by atoms with E-state index in [0.717, 1.165) is 11.1 Å². The molecule has 158 valence electrons. The summed E-state index contributed by atoms with van der Waals surface area (Å²) in [6.07, 6.45) is -0.228. The third-order valence-electron chi connectivity index (χ3n) is 4.30. The van der Waals surface area contributed by atoms with Crippen molar-refractivity contribution >= 4 is 27.4 Å². The first-order valence-corrected chi connectivity index (χ1v) is 11.1. The summed E-state index contributed by atoms with van der Waals surface area (Å²) in [5.74, 6) is -1.66. The highest BCUT2D eigenvalue weighted by molar-refractivity contribution is 7.91. The Labute approximate surface area is 176 Å². The number of ether oxygens (including phenoxy) is 1. The number of benzene rings is 2. The van der Waals surface area contributed by atoms with E-state index in [-0.39, 0.29) is 24.3 Å². The Bertz CT molecular complexity index is 1020. The number of nitrogens with zero attached hydrogens (tertiary/aromatic N) is 2. The summed E-state index contributed by atoms with van der Waals surface area (Å²) in [6.45, 7) is 3.44. The van der Waals surface area contributed by atoms with E-state index < -0.39 is 34.1 Å². The fourth-order valence-corrected chi connectivity index (χ4v) is 4.16. The van der Waals surface area contributed by atoms with E-state index in [2.05, 4.69) is 0 Å². The van der Waals surface area contributed by atoms with Crippen LogP contribution in [-0.2, 0) is 24.2 Å². The molecule has 0 radical (unpaired) electrons. The number of anilines is 1. The van der Waals surface area contributed by atoms with Gasteiger partial charge >= 0.3 is 5.97 Å². The molecule has 1 amide bonds. The van der Waals surface area contributed by atoms with Crippen LogP contribution in [0.5, 0.6) is 0 Å². The van der Waals surface area contributed by atoms with E-state index in [0.29, 0.717) is 5.69 Å². The van der Waals surface area contributed by atoms with Crippen LogP contribution in [0.25, 0.3) is 0 Å². The molecule has 2 aromatic carbocycles. The molecule has 8 heteroatoms. The van der Waals surface area contributed by atoms with Crippen LogP contribution in [0.4, 0.5) is 5.69 Å². The SMILES string of the molecule is Cc1cc(C)cc(N(CCC#N)C(=O)COC(=O)CCS(=O)(=O)c2ccccc2)c1. The van der Waals surface area contributed by atoms with Crippen molar-refractivity contribution in [3.05, 3.63) is 59.7 Å².